The molecule has 0 amide bonds. The summed E-state index contributed by atoms with van der Waals surface area (Å²) in [6.45, 7) is 17.9. The molecule has 70 heavy (non-hydrogen) atoms. The van der Waals surface area contributed by atoms with E-state index in [9.17, 15) is 0 Å². The number of aryl methyl sites for hydroxylation is 2. The van der Waals surface area contributed by atoms with Gasteiger partial charge < -0.3 is 18.6 Å². The summed E-state index contributed by atoms with van der Waals surface area (Å²) >= 11 is 0. The number of anilines is 6. The van der Waals surface area contributed by atoms with Crippen molar-refractivity contribution in [1.82, 2.24) is 0 Å². The summed E-state index contributed by atoms with van der Waals surface area (Å²) in [5.41, 5.74) is 19.9. The third-order valence-electron chi connectivity index (χ3n) is 14.8. The zero-order valence-corrected chi connectivity index (χ0v) is 41.0. The lowest BCUT2D eigenvalue weighted by molar-refractivity contribution is 0.572. The molecule has 0 saturated heterocycles. The molecule has 13 rings (SSSR count). The third kappa shape index (κ3) is 6.43. The largest absolute Gasteiger partial charge is 0.454 e. The van der Waals surface area contributed by atoms with E-state index >= 15 is 0 Å². The molecule has 10 aromatic carbocycles. The Labute approximate surface area is 409 Å². The normalized spacial score (nSPS) is 12.6. The lowest BCUT2D eigenvalue weighted by Crippen LogP contribution is -2.12. The average molecular weight is 907 g/mol. The van der Waals surface area contributed by atoms with Gasteiger partial charge in [-0.3, -0.25) is 0 Å². The maximum Gasteiger partial charge on any atom is 0.159 e. The predicted octanol–water partition coefficient (Wildman–Crippen LogP) is 19.6. The quantitative estimate of drug-likeness (QED) is 0.166. The smallest absolute Gasteiger partial charge is 0.159 e. The molecule has 0 unspecified atom stereocenters. The Hall–Kier alpha value is -8.08. The van der Waals surface area contributed by atoms with E-state index < -0.39 is 0 Å². The summed E-state index contributed by atoms with van der Waals surface area (Å²) in [5, 5.41) is 9.35. The van der Waals surface area contributed by atoms with Crippen LogP contribution in [-0.4, -0.2) is 0 Å². The number of rotatable bonds is 6. The summed E-state index contributed by atoms with van der Waals surface area (Å²) in [6.07, 6.45) is 0. The zero-order chi connectivity index (χ0) is 47.8. The highest BCUT2D eigenvalue weighted by molar-refractivity contribution is 6.15. The predicted molar refractivity (Wildman–Crippen MR) is 297 cm³/mol. The van der Waals surface area contributed by atoms with Crippen LogP contribution >= 0.6 is 0 Å². The highest BCUT2D eigenvalue weighted by Gasteiger charge is 2.29. The van der Waals surface area contributed by atoms with Gasteiger partial charge in [0.1, 0.15) is 11.2 Å². The van der Waals surface area contributed by atoms with Gasteiger partial charge in [-0.25, -0.2) is 0 Å². The van der Waals surface area contributed by atoms with Crippen molar-refractivity contribution >= 4 is 99.5 Å². The SMILES string of the molecule is Cc1ccccc1N(c1ccc2cc3c(cc2c1)-c1cc2cc(N(c4ccccc4C)c4cccc5c4oc4c(C(C)(C)C)cccc45)ccc2cc1-3)c1cccc2c1oc1c(C(C)(C)C)cccc12. The van der Waals surface area contributed by atoms with Gasteiger partial charge in [-0.15, -0.1) is 0 Å². The third-order valence-corrected chi connectivity index (χ3v) is 14.8. The van der Waals surface area contributed by atoms with Crippen molar-refractivity contribution < 1.29 is 8.83 Å². The molecule has 0 radical (unpaired) electrons. The molecule has 0 N–H and O–H groups in total. The number of nitrogens with zero attached hydrogens (tertiary/aromatic N) is 2. The van der Waals surface area contributed by atoms with E-state index in [4.69, 9.17) is 8.83 Å². The summed E-state index contributed by atoms with van der Waals surface area (Å²) in [6, 6.07) is 66.9. The molecular formula is C66H54N2O2. The highest BCUT2D eigenvalue weighted by Crippen LogP contribution is 2.53. The average Bonchev–Trinajstić information content (AvgIpc) is 3.93. The fraction of sp³-hybridized carbons (Fsp3) is 0.152. The van der Waals surface area contributed by atoms with E-state index in [1.807, 2.05) is 0 Å². The lowest BCUT2D eigenvalue weighted by Gasteiger charge is -2.29. The molecule has 0 atom stereocenters. The van der Waals surface area contributed by atoms with Gasteiger partial charge in [-0.05, 0) is 152 Å². The number of furan rings is 2. The van der Waals surface area contributed by atoms with Crippen molar-refractivity contribution in [2.75, 3.05) is 9.80 Å². The molecule has 0 aliphatic heterocycles. The zero-order valence-electron chi connectivity index (χ0n) is 41.0. The number of hydrogen-bond donors (Lipinski definition) is 0. The number of hydrogen-bond acceptors (Lipinski definition) is 4. The van der Waals surface area contributed by atoms with E-state index in [-0.39, 0.29) is 10.8 Å². The minimum Gasteiger partial charge on any atom is -0.454 e. The van der Waals surface area contributed by atoms with Crippen LogP contribution in [0.15, 0.2) is 191 Å². The van der Waals surface area contributed by atoms with Gasteiger partial charge in [0.25, 0.3) is 0 Å². The molecule has 4 nitrogen and oxygen atoms in total. The lowest BCUT2D eigenvalue weighted by atomic mass is 9.78. The topological polar surface area (TPSA) is 32.8 Å². The second kappa shape index (κ2) is 15.2. The maximum absolute atomic E-state index is 6.99. The van der Waals surface area contributed by atoms with E-state index in [0.29, 0.717) is 0 Å². The minimum atomic E-state index is -0.0691. The van der Waals surface area contributed by atoms with Gasteiger partial charge in [0, 0.05) is 55.4 Å². The molecule has 2 aromatic heterocycles. The Bertz CT molecular complexity index is 3870. The van der Waals surface area contributed by atoms with E-state index in [1.54, 1.807) is 0 Å². The van der Waals surface area contributed by atoms with E-state index in [1.165, 1.54) is 66.1 Å². The van der Waals surface area contributed by atoms with Crippen LogP contribution in [0.4, 0.5) is 34.1 Å². The Balaban J connectivity index is 0.935. The Morgan fingerprint density at radius 2 is 0.657 bits per heavy atom. The first-order valence-corrected chi connectivity index (χ1v) is 24.6. The number of benzene rings is 10. The molecule has 4 heteroatoms. The molecule has 2 heterocycles. The molecule has 0 bridgehead atoms. The van der Waals surface area contributed by atoms with Crippen LogP contribution in [0.1, 0.15) is 63.8 Å². The van der Waals surface area contributed by atoms with Crippen LogP contribution < -0.4 is 9.80 Å². The first-order valence-electron chi connectivity index (χ1n) is 24.6. The molecule has 0 fully saturated rings. The maximum atomic E-state index is 6.99. The first-order chi connectivity index (χ1) is 33.8. The van der Waals surface area contributed by atoms with Crippen LogP contribution in [0.3, 0.4) is 0 Å². The molecule has 340 valence electrons. The number of fused-ring (bicyclic) bond motifs is 12. The van der Waals surface area contributed by atoms with Crippen LogP contribution in [0, 0.1) is 13.8 Å². The Morgan fingerprint density at radius 1 is 0.314 bits per heavy atom. The van der Waals surface area contributed by atoms with Gasteiger partial charge in [0.15, 0.2) is 11.2 Å². The Morgan fingerprint density at radius 3 is 1.04 bits per heavy atom. The molecule has 12 aromatic rings. The number of para-hydroxylation sites is 6. The second-order valence-corrected chi connectivity index (χ2v) is 21.5. The first kappa shape index (κ1) is 42.1. The van der Waals surface area contributed by atoms with Gasteiger partial charge in [-0.1, -0.05) is 151 Å². The molecule has 0 saturated carbocycles. The monoisotopic (exact) mass is 906 g/mol. The fourth-order valence-corrected chi connectivity index (χ4v) is 11.3. The van der Waals surface area contributed by atoms with Crippen molar-refractivity contribution in [3.8, 4) is 22.3 Å². The summed E-state index contributed by atoms with van der Waals surface area (Å²) in [4.78, 5) is 4.77. The van der Waals surface area contributed by atoms with Gasteiger partial charge in [0.05, 0.1) is 11.4 Å². The summed E-state index contributed by atoms with van der Waals surface area (Å²) < 4.78 is 14.0. The van der Waals surface area contributed by atoms with Crippen molar-refractivity contribution in [2.45, 2.75) is 66.2 Å². The van der Waals surface area contributed by atoms with Gasteiger partial charge in [-0.2, -0.15) is 0 Å². The van der Waals surface area contributed by atoms with Crippen LogP contribution in [-0.2, 0) is 10.8 Å². The van der Waals surface area contributed by atoms with Crippen molar-refractivity contribution in [3.63, 3.8) is 0 Å². The highest BCUT2D eigenvalue weighted by atomic mass is 16.3. The van der Waals surface area contributed by atoms with Crippen molar-refractivity contribution in [1.29, 1.82) is 0 Å². The van der Waals surface area contributed by atoms with Crippen molar-refractivity contribution in [3.05, 3.63) is 204 Å². The molecule has 0 spiro atoms. The molecule has 1 aliphatic carbocycles. The Kier molecular flexibility index (Phi) is 9.14. The molecule has 1 aliphatic rings. The second-order valence-electron chi connectivity index (χ2n) is 21.5. The molecular weight excluding hydrogens is 853 g/mol. The summed E-state index contributed by atoms with van der Waals surface area (Å²) in [7, 11) is 0. The van der Waals surface area contributed by atoms with E-state index in [2.05, 4.69) is 247 Å². The fourth-order valence-electron chi connectivity index (χ4n) is 11.3. The van der Waals surface area contributed by atoms with E-state index in [0.717, 1.165) is 78.0 Å². The van der Waals surface area contributed by atoms with Crippen LogP contribution in [0.2, 0.25) is 0 Å². The van der Waals surface area contributed by atoms with Gasteiger partial charge in [0.2, 0.25) is 0 Å². The van der Waals surface area contributed by atoms with Crippen molar-refractivity contribution in [2.24, 2.45) is 0 Å². The van der Waals surface area contributed by atoms with Crippen LogP contribution in [0.25, 0.3) is 87.7 Å². The minimum absolute atomic E-state index is 0.0691. The van der Waals surface area contributed by atoms with Crippen LogP contribution in [0.5, 0.6) is 0 Å². The summed E-state index contributed by atoms with van der Waals surface area (Å²) in [5.74, 6) is 0. The van der Waals surface area contributed by atoms with Gasteiger partial charge >= 0.3 is 0 Å². The standard InChI is InChI=1S/C66H54N2O2/c1-39-17-9-11-25-57(39)67(59-27-15-21-49-47-19-13-23-55(65(3,4)5)61(47)69-63(49)59)45-31-29-41-35-51-52-36-42-30-32-46(34-44(42)38-54(52)53(51)37-43(41)33-45)68(58-26-12-10-18-40(58)2)60-28-16-22-50-48-20-14-24-56(66(6,7)8)62(48)70-64(50)60/h9-38H,1-8H3.